The molecule has 0 amide bonds. The summed E-state index contributed by atoms with van der Waals surface area (Å²) in [6.07, 6.45) is -2.36. The molecule has 0 saturated carbocycles. The number of carbonyl (C=O) groups is 1. The Bertz CT molecular complexity index is 1880. The van der Waals surface area contributed by atoms with Crippen LogP contribution in [0.25, 0.3) is 21.9 Å². The Morgan fingerprint density at radius 2 is 1.98 bits per heavy atom. The number of ether oxygens (including phenoxy) is 3. The van der Waals surface area contributed by atoms with E-state index in [4.69, 9.17) is 29.0 Å². The van der Waals surface area contributed by atoms with Gasteiger partial charge in [0.25, 0.3) is 0 Å². The molecule has 256 valence electrons. The van der Waals surface area contributed by atoms with Crippen LogP contribution in [0, 0.1) is 22.2 Å². The average Bonchev–Trinajstić information content (AvgIpc) is 3.56. The number of imidazole rings is 1. The van der Waals surface area contributed by atoms with Crippen molar-refractivity contribution < 1.29 is 37.7 Å². The molecular weight excluding hydrogens is 641 g/mol. The Morgan fingerprint density at radius 3 is 2.69 bits per heavy atom. The van der Waals surface area contributed by atoms with Gasteiger partial charge in [-0.2, -0.15) is 20.3 Å². The maximum atomic E-state index is 14.4. The molecule has 16 heteroatoms. The number of rotatable bonds is 12. The Hall–Kier alpha value is -4.32. The normalized spacial score (nSPS) is 23.0. The van der Waals surface area contributed by atoms with Crippen molar-refractivity contribution in [3.05, 3.63) is 48.8 Å². The minimum Gasteiger partial charge on any atom is -0.476 e. The largest absolute Gasteiger partial charge is 0.476 e. The molecule has 0 aliphatic carbocycles. The number of aliphatic hydroxyl groups is 1. The lowest BCUT2D eigenvalue weighted by molar-refractivity contribution is -0.148. The number of fused-ring (bicyclic) bond motifs is 2. The van der Waals surface area contributed by atoms with Crippen LogP contribution in [0.4, 0.5) is 5.95 Å². The number of nitrogens with one attached hydrogen (secondary N) is 1. The Balaban J connectivity index is 1.43. The molecule has 0 bridgehead atoms. The summed E-state index contributed by atoms with van der Waals surface area (Å²) in [7, 11) is -4.39. The van der Waals surface area contributed by atoms with E-state index >= 15 is 0 Å². The highest BCUT2D eigenvalue weighted by molar-refractivity contribution is 7.52. The van der Waals surface area contributed by atoms with Gasteiger partial charge in [-0.1, -0.05) is 57.2 Å². The third-order valence-electron chi connectivity index (χ3n) is 7.69. The van der Waals surface area contributed by atoms with Gasteiger partial charge < -0.3 is 29.6 Å². The van der Waals surface area contributed by atoms with Crippen LogP contribution in [0.5, 0.6) is 11.6 Å². The van der Waals surface area contributed by atoms with Crippen molar-refractivity contribution >= 4 is 41.6 Å². The van der Waals surface area contributed by atoms with Gasteiger partial charge in [0.1, 0.15) is 29.4 Å². The fraction of sp³-hybridized carbons (Fsp3) is 0.469. The van der Waals surface area contributed by atoms with E-state index in [-0.39, 0.29) is 40.8 Å². The van der Waals surface area contributed by atoms with Crippen molar-refractivity contribution in [2.45, 2.75) is 66.0 Å². The fourth-order valence-electron chi connectivity index (χ4n) is 5.20. The summed E-state index contributed by atoms with van der Waals surface area (Å²) in [6, 6.07) is 13.6. The van der Waals surface area contributed by atoms with E-state index in [9.17, 15) is 19.7 Å². The van der Waals surface area contributed by atoms with Crippen LogP contribution in [0.2, 0.25) is 0 Å². The topological polar surface area (TPSA) is 206 Å². The molecule has 4 N–H and O–H groups in total. The number of nitrogens with two attached hydrogens (primary N) is 1. The minimum atomic E-state index is -4.39. The van der Waals surface area contributed by atoms with Crippen molar-refractivity contribution in [2.24, 2.45) is 10.8 Å². The van der Waals surface area contributed by atoms with Crippen LogP contribution in [0.1, 0.15) is 47.8 Å². The van der Waals surface area contributed by atoms with Crippen molar-refractivity contribution in [3.63, 3.8) is 0 Å². The van der Waals surface area contributed by atoms with E-state index in [0.29, 0.717) is 12.0 Å². The maximum absolute atomic E-state index is 14.4. The first-order valence-corrected chi connectivity index (χ1v) is 17.0. The molecule has 15 nitrogen and oxygen atoms in total. The van der Waals surface area contributed by atoms with Gasteiger partial charge in [0.05, 0.1) is 32.2 Å². The second-order valence-corrected chi connectivity index (χ2v) is 14.6. The van der Waals surface area contributed by atoms with E-state index < -0.39 is 50.2 Å². The lowest BCUT2D eigenvalue weighted by atomic mass is 9.84. The zero-order valence-corrected chi connectivity index (χ0v) is 28.5. The molecule has 1 unspecified atom stereocenters. The van der Waals surface area contributed by atoms with Crippen LogP contribution < -0.4 is 20.1 Å². The lowest BCUT2D eigenvalue weighted by Crippen LogP contribution is -2.39. The molecule has 2 aromatic heterocycles. The third kappa shape index (κ3) is 7.23. The Labute approximate surface area is 277 Å². The molecule has 2 aromatic carbocycles. The number of aliphatic hydroxyl groups excluding tert-OH is 1. The minimum absolute atomic E-state index is 0.0856. The summed E-state index contributed by atoms with van der Waals surface area (Å²) >= 11 is 0. The van der Waals surface area contributed by atoms with Crippen LogP contribution in [-0.2, 0) is 23.4 Å². The van der Waals surface area contributed by atoms with Gasteiger partial charge >= 0.3 is 13.7 Å². The van der Waals surface area contributed by atoms with Crippen molar-refractivity contribution in [1.82, 2.24) is 24.6 Å². The zero-order chi connectivity index (χ0) is 34.9. The second-order valence-electron chi connectivity index (χ2n) is 12.9. The monoisotopic (exact) mass is 681 g/mol. The number of nitriles is 1. The van der Waals surface area contributed by atoms with E-state index in [1.807, 2.05) is 45.0 Å². The lowest BCUT2D eigenvalue weighted by Gasteiger charge is -2.26. The number of hydrogen-bond donors (Lipinski definition) is 3. The number of benzene rings is 2. The van der Waals surface area contributed by atoms with E-state index in [0.717, 1.165) is 5.39 Å². The highest BCUT2D eigenvalue weighted by Gasteiger charge is 2.56. The summed E-state index contributed by atoms with van der Waals surface area (Å²) < 4.78 is 45.0. The smallest absolute Gasteiger partial charge is 0.459 e. The fourth-order valence-corrected chi connectivity index (χ4v) is 6.73. The standard InChI is InChI=1S/C32H40N7O8P/c1-7-43-27-24-26(36-30(34)37-27)39(18-35-24)29-32(6,16-33)25(40)23(46-29)15-45-48(42,38-19(2)28(41)44-17-31(3,4)5)47-22-14-10-12-20-11-8-9-13-21(20)22/h8-14,18-19,23,25,29,40H,7,15,17H2,1-6H3,(H,38,42)(H2,34,36,37)/t19-,23+,25+,29+,32+,48?/m0/s1. The molecule has 6 atom stereocenters. The van der Waals surface area contributed by atoms with Crippen LogP contribution in [-0.4, -0.2) is 68.7 Å². The summed E-state index contributed by atoms with van der Waals surface area (Å²) in [6.45, 7) is 10.4. The van der Waals surface area contributed by atoms with Gasteiger partial charge in [0.2, 0.25) is 11.8 Å². The third-order valence-corrected chi connectivity index (χ3v) is 9.32. The SMILES string of the molecule is CCOc1nc(N)nc2c1ncn2[C@@H]1O[C@H](COP(=O)(N[C@@H](C)C(=O)OCC(C)(C)C)Oc2cccc3ccccc23)[C@@H](O)[C@@]1(C)C#N. The molecule has 0 radical (unpaired) electrons. The molecule has 1 fully saturated rings. The molecule has 1 aliphatic rings. The average molecular weight is 682 g/mol. The zero-order valence-electron chi connectivity index (χ0n) is 27.6. The van der Waals surface area contributed by atoms with Crippen molar-refractivity contribution in [2.75, 3.05) is 25.6 Å². The van der Waals surface area contributed by atoms with Crippen LogP contribution in [0.3, 0.4) is 0 Å². The van der Waals surface area contributed by atoms with Gasteiger partial charge in [-0.25, -0.2) is 9.55 Å². The van der Waals surface area contributed by atoms with Gasteiger partial charge in [-0.3, -0.25) is 13.9 Å². The highest BCUT2D eigenvalue weighted by atomic mass is 31.2. The van der Waals surface area contributed by atoms with Gasteiger partial charge in [-0.05, 0) is 37.6 Å². The number of carbonyl (C=O) groups excluding carboxylic acids is 1. The molecule has 3 heterocycles. The predicted molar refractivity (Wildman–Crippen MR) is 176 cm³/mol. The van der Waals surface area contributed by atoms with Gasteiger partial charge in [-0.15, -0.1) is 0 Å². The van der Waals surface area contributed by atoms with Crippen molar-refractivity contribution in [3.8, 4) is 17.7 Å². The molecule has 1 saturated heterocycles. The number of hydrogen-bond acceptors (Lipinski definition) is 13. The van der Waals surface area contributed by atoms with Crippen LogP contribution in [0.15, 0.2) is 48.8 Å². The number of esters is 1. The molecule has 1 aliphatic heterocycles. The molecule has 4 aromatic rings. The Morgan fingerprint density at radius 1 is 1.25 bits per heavy atom. The number of aromatic nitrogens is 4. The first-order chi connectivity index (χ1) is 22.7. The molecule has 5 rings (SSSR count). The first kappa shape index (κ1) is 35.0. The maximum Gasteiger partial charge on any atom is 0.459 e. The predicted octanol–water partition coefficient (Wildman–Crippen LogP) is 4.52. The van der Waals surface area contributed by atoms with Crippen molar-refractivity contribution in [1.29, 1.82) is 5.26 Å². The summed E-state index contributed by atoms with van der Waals surface area (Å²) in [5.41, 5.74) is 4.59. The van der Waals surface area contributed by atoms with E-state index in [1.165, 1.54) is 24.7 Å². The highest BCUT2D eigenvalue weighted by Crippen LogP contribution is 2.50. The Kier molecular flexibility index (Phi) is 9.96. The molecule has 48 heavy (non-hydrogen) atoms. The summed E-state index contributed by atoms with van der Waals surface area (Å²) in [4.78, 5) is 25.6. The van der Waals surface area contributed by atoms with Gasteiger partial charge in [0, 0.05) is 5.39 Å². The number of nitrogen functional groups attached to an aromatic ring is 1. The number of nitrogens with zero attached hydrogens (tertiary/aromatic N) is 5. The van der Waals surface area contributed by atoms with E-state index in [2.05, 4.69) is 26.1 Å². The first-order valence-electron chi connectivity index (χ1n) is 15.4. The second kappa shape index (κ2) is 13.7. The van der Waals surface area contributed by atoms with Gasteiger partial charge in [0.15, 0.2) is 17.4 Å². The van der Waals surface area contributed by atoms with Crippen LogP contribution >= 0.6 is 7.75 Å². The quantitative estimate of drug-likeness (QED) is 0.139. The number of anilines is 1. The molecular formula is C32H40N7O8P. The summed E-state index contributed by atoms with van der Waals surface area (Å²) in [5, 5.41) is 25.8. The summed E-state index contributed by atoms with van der Waals surface area (Å²) in [5.74, 6) is -0.357. The molecule has 0 spiro atoms. The van der Waals surface area contributed by atoms with E-state index in [1.54, 1.807) is 25.1 Å².